The summed E-state index contributed by atoms with van der Waals surface area (Å²) in [6.45, 7) is 0.432. The Balaban J connectivity index is 2.12. The molecule has 18 heavy (non-hydrogen) atoms. The second-order valence-corrected chi connectivity index (χ2v) is 4.15. The Morgan fingerprint density at radius 3 is 2.89 bits per heavy atom. The molecule has 0 aliphatic rings. The zero-order valence-electron chi connectivity index (χ0n) is 9.45. The van der Waals surface area contributed by atoms with Gasteiger partial charge in [0.15, 0.2) is 5.82 Å². The van der Waals surface area contributed by atoms with Gasteiger partial charge in [0.2, 0.25) is 0 Å². The van der Waals surface area contributed by atoms with Gasteiger partial charge in [0.1, 0.15) is 0 Å². The first kappa shape index (κ1) is 12.5. The molecule has 0 aliphatic carbocycles. The highest BCUT2D eigenvalue weighted by atomic mass is 35.5. The van der Waals surface area contributed by atoms with Crippen LogP contribution in [0.15, 0.2) is 24.3 Å². The fourth-order valence-electron chi connectivity index (χ4n) is 1.53. The Morgan fingerprint density at radius 2 is 2.17 bits per heavy atom. The van der Waals surface area contributed by atoms with Gasteiger partial charge in [-0.2, -0.15) is 0 Å². The van der Waals surface area contributed by atoms with Crippen LogP contribution in [0.1, 0.15) is 17.8 Å². The van der Waals surface area contributed by atoms with Gasteiger partial charge < -0.3 is 5.11 Å². The van der Waals surface area contributed by atoms with Gasteiger partial charge in [0.05, 0.1) is 13.0 Å². The quantitative estimate of drug-likeness (QED) is 0.884. The van der Waals surface area contributed by atoms with E-state index in [1.807, 2.05) is 18.2 Å². The normalized spacial score (nSPS) is 10.5. The highest BCUT2D eigenvalue weighted by Crippen LogP contribution is 2.16. The molecular formula is C11H11ClN4O2. The van der Waals surface area contributed by atoms with Crippen LogP contribution in [0.25, 0.3) is 0 Å². The third kappa shape index (κ3) is 3.04. The summed E-state index contributed by atoms with van der Waals surface area (Å²) in [5.41, 5.74) is 0.892. The molecule has 0 aliphatic heterocycles. The fourth-order valence-corrected chi connectivity index (χ4v) is 1.73. The first-order chi connectivity index (χ1) is 8.66. The fraction of sp³-hybridized carbons (Fsp3) is 0.273. The minimum Gasteiger partial charge on any atom is -0.481 e. The SMILES string of the molecule is O=C(O)CCc1nnnn1Cc1ccccc1Cl. The predicted molar refractivity (Wildman–Crippen MR) is 64.3 cm³/mol. The molecule has 0 unspecified atom stereocenters. The number of halogens is 1. The number of aliphatic carboxylic acids is 1. The highest BCUT2D eigenvalue weighted by molar-refractivity contribution is 6.31. The van der Waals surface area contributed by atoms with Crippen LogP contribution in [0.2, 0.25) is 5.02 Å². The first-order valence-corrected chi connectivity index (χ1v) is 5.75. The van der Waals surface area contributed by atoms with Crippen molar-refractivity contribution in [3.8, 4) is 0 Å². The van der Waals surface area contributed by atoms with Gasteiger partial charge in [-0.25, -0.2) is 4.68 Å². The van der Waals surface area contributed by atoms with Crippen molar-refractivity contribution >= 4 is 17.6 Å². The van der Waals surface area contributed by atoms with Crippen molar-refractivity contribution in [1.82, 2.24) is 20.2 Å². The molecule has 0 saturated heterocycles. The van der Waals surface area contributed by atoms with E-state index in [9.17, 15) is 4.79 Å². The molecule has 2 aromatic rings. The monoisotopic (exact) mass is 266 g/mol. The molecule has 7 heteroatoms. The second kappa shape index (κ2) is 5.59. The van der Waals surface area contributed by atoms with E-state index in [0.717, 1.165) is 5.56 Å². The van der Waals surface area contributed by atoms with Crippen molar-refractivity contribution in [1.29, 1.82) is 0 Å². The molecule has 1 N–H and O–H groups in total. The number of hydrogen-bond acceptors (Lipinski definition) is 4. The average molecular weight is 267 g/mol. The number of carboxylic acid groups (broad SMARTS) is 1. The maximum atomic E-state index is 10.5. The van der Waals surface area contributed by atoms with Crippen LogP contribution in [0.5, 0.6) is 0 Å². The third-order valence-electron chi connectivity index (χ3n) is 2.45. The van der Waals surface area contributed by atoms with Crippen LogP contribution in [0, 0.1) is 0 Å². The number of carboxylic acids is 1. The Labute approximate surface area is 108 Å². The third-order valence-corrected chi connectivity index (χ3v) is 2.82. The van der Waals surface area contributed by atoms with E-state index in [1.54, 1.807) is 10.7 Å². The lowest BCUT2D eigenvalue weighted by Gasteiger charge is -2.05. The van der Waals surface area contributed by atoms with E-state index in [4.69, 9.17) is 16.7 Å². The topological polar surface area (TPSA) is 80.9 Å². The maximum Gasteiger partial charge on any atom is 0.303 e. The Hall–Kier alpha value is -1.95. The van der Waals surface area contributed by atoms with Crippen LogP contribution in [0.3, 0.4) is 0 Å². The second-order valence-electron chi connectivity index (χ2n) is 3.74. The van der Waals surface area contributed by atoms with Gasteiger partial charge in [-0.15, -0.1) is 5.10 Å². The summed E-state index contributed by atoms with van der Waals surface area (Å²) in [5.74, 6) is -0.334. The number of nitrogens with zero attached hydrogens (tertiary/aromatic N) is 4. The zero-order valence-corrected chi connectivity index (χ0v) is 10.2. The lowest BCUT2D eigenvalue weighted by atomic mass is 10.2. The number of rotatable bonds is 5. The van der Waals surface area contributed by atoms with Crippen LogP contribution in [0.4, 0.5) is 0 Å². The highest BCUT2D eigenvalue weighted by Gasteiger charge is 2.10. The molecule has 1 aromatic carbocycles. The van der Waals surface area contributed by atoms with E-state index in [-0.39, 0.29) is 6.42 Å². The number of tetrazole rings is 1. The standard InChI is InChI=1S/C11H11ClN4O2/c12-9-4-2-1-3-8(9)7-16-10(13-14-15-16)5-6-11(17)18/h1-4H,5-7H2,(H,17,18). The van der Waals surface area contributed by atoms with Crippen LogP contribution in [-0.4, -0.2) is 31.3 Å². The smallest absolute Gasteiger partial charge is 0.303 e. The summed E-state index contributed by atoms with van der Waals surface area (Å²) in [6.07, 6.45) is 0.301. The molecule has 1 heterocycles. The molecule has 1 aromatic heterocycles. The summed E-state index contributed by atoms with van der Waals surface area (Å²) < 4.78 is 1.56. The van der Waals surface area contributed by atoms with Crippen molar-refractivity contribution in [3.05, 3.63) is 40.7 Å². The van der Waals surface area contributed by atoms with Gasteiger partial charge in [0.25, 0.3) is 0 Å². The van der Waals surface area contributed by atoms with E-state index in [2.05, 4.69) is 15.5 Å². The van der Waals surface area contributed by atoms with E-state index >= 15 is 0 Å². The van der Waals surface area contributed by atoms with Gasteiger partial charge in [-0.1, -0.05) is 29.8 Å². The number of benzene rings is 1. The molecule has 0 atom stereocenters. The molecule has 2 rings (SSSR count). The van der Waals surface area contributed by atoms with Crippen molar-refractivity contribution in [2.75, 3.05) is 0 Å². The van der Waals surface area contributed by atoms with Gasteiger partial charge in [0, 0.05) is 11.4 Å². The molecule has 6 nitrogen and oxygen atoms in total. The maximum absolute atomic E-state index is 10.5. The van der Waals surface area contributed by atoms with Crippen LogP contribution in [-0.2, 0) is 17.8 Å². The summed E-state index contributed by atoms with van der Waals surface area (Å²) >= 11 is 6.04. The summed E-state index contributed by atoms with van der Waals surface area (Å²) in [5, 5.41) is 20.5. The number of carbonyl (C=O) groups is 1. The van der Waals surface area contributed by atoms with Gasteiger partial charge >= 0.3 is 5.97 Å². The zero-order chi connectivity index (χ0) is 13.0. The van der Waals surface area contributed by atoms with E-state index in [0.29, 0.717) is 23.8 Å². The molecule has 0 fully saturated rings. The van der Waals surface area contributed by atoms with Crippen molar-refractivity contribution < 1.29 is 9.90 Å². The number of aryl methyl sites for hydroxylation is 1. The number of aromatic nitrogens is 4. The molecular weight excluding hydrogens is 256 g/mol. The van der Waals surface area contributed by atoms with Crippen LogP contribution < -0.4 is 0 Å². The molecule has 0 saturated carbocycles. The molecule has 0 spiro atoms. The van der Waals surface area contributed by atoms with Gasteiger partial charge in [-0.05, 0) is 22.1 Å². The van der Waals surface area contributed by atoms with E-state index < -0.39 is 5.97 Å². The van der Waals surface area contributed by atoms with Crippen molar-refractivity contribution in [3.63, 3.8) is 0 Å². The number of hydrogen-bond donors (Lipinski definition) is 1. The molecule has 0 bridgehead atoms. The summed E-state index contributed by atoms with van der Waals surface area (Å²) in [6, 6.07) is 7.39. The largest absolute Gasteiger partial charge is 0.481 e. The minimum absolute atomic E-state index is 0.00287. The first-order valence-electron chi connectivity index (χ1n) is 5.37. The lowest BCUT2D eigenvalue weighted by molar-refractivity contribution is -0.137. The average Bonchev–Trinajstić information content (AvgIpc) is 2.77. The molecule has 0 radical (unpaired) electrons. The van der Waals surface area contributed by atoms with Crippen LogP contribution >= 0.6 is 11.6 Å². The Morgan fingerprint density at radius 1 is 1.39 bits per heavy atom. The Kier molecular flexibility index (Phi) is 3.88. The summed E-state index contributed by atoms with van der Waals surface area (Å²) in [7, 11) is 0. The van der Waals surface area contributed by atoms with Crippen molar-refractivity contribution in [2.24, 2.45) is 0 Å². The molecule has 0 amide bonds. The summed E-state index contributed by atoms with van der Waals surface area (Å²) in [4.78, 5) is 10.5. The lowest BCUT2D eigenvalue weighted by Crippen LogP contribution is -2.09. The predicted octanol–water partition coefficient (Wildman–Crippen LogP) is 1.39. The van der Waals surface area contributed by atoms with Gasteiger partial charge in [-0.3, -0.25) is 4.79 Å². The van der Waals surface area contributed by atoms with Crippen molar-refractivity contribution in [2.45, 2.75) is 19.4 Å². The molecule has 94 valence electrons. The minimum atomic E-state index is -0.873. The van der Waals surface area contributed by atoms with E-state index in [1.165, 1.54) is 0 Å². The Bertz CT molecular complexity index is 555.